The topological polar surface area (TPSA) is 96.5 Å². The molecule has 126 valence electrons. The molecule has 0 aromatic carbocycles. The van der Waals surface area contributed by atoms with Gasteiger partial charge in [0.05, 0.1) is 11.0 Å². The van der Waals surface area contributed by atoms with E-state index >= 15 is 0 Å². The predicted octanol–water partition coefficient (Wildman–Crippen LogP) is 1.81. The van der Waals surface area contributed by atoms with E-state index in [2.05, 4.69) is 10.1 Å². The van der Waals surface area contributed by atoms with Gasteiger partial charge in [-0.15, -0.1) is 11.3 Å². The minimum Gasteiger partial charge on any atom is -0.392 e. The lowest BCUT2D eigenvalue weighted by molar-refractivity contribution is 0.188. The van der Waals surface area contributed by atoms with Crippen molar-refractivity contribution in [2.24, 2.45) is 0 Å². The summed E-state index contributed by atoms with van der Waals surface area (Å²) >= 11 is 1.44. The maximum absolute atomic E-state index is 13.0. The van der Waals surface area contributed by atoms with Crippen LogP contribution in [0.15, 0.2) is 15.5 Å². The summed E-state index contributed by atoms with van der Waals surface area (Å²) in [5, 5.41) is 13.8. The Morgan fingerprint density at radius 3 is 2.78 bits per heavy atom. The molecule has 1 saturated heterocycles. The number of aliphatic hydroxyl groups is 1. The first kappa shape index (κ1) is 16.6. The monoisotopic (exact) mass is 357 g/mol. The molecule has 23 heavy (non-hydrogen) atoms. The Labute approximate surface area is 139 Å². The third kappa shape index (κ3) is 2.93. The second kappa shape index (κ2) is 5.97. The minimum absolute atomic E-state index is 0.0329. The van der Waals surface area contributed by atoms with E-state index in [-0.39, 0.29) is 23.8 Å². The number of nitrogens with zero attached hydrogens (tertiary/aromatic N) is 3. The normalized spacial score (nSPS) is 22.8. The van der Waals surface area contributed by atoms with Gasteiger partial charge in [0.1, 0.15) is 6.04 Å². The van der Waals surface area contributed by atoms with Crippen molar-refractivity contribution >= 4 is 21.4 Å². The van der Waals surface area contributed by atoms with E-state index in [9.17, 15) is 13.5 Å². The summed E-state index contributed by atoms with van der Waals surface area (Å²) in [5.41, 5.74) is 0. The van der Waals surface area contributed by atoms with E-state index in [1.54, 1.807) is 13.0 Å². The average Bonchev–Trinajstić information content (AvgIpc) is 3.17. The predicted molar refractivity (Wildman–Crippen MR) is 84.7 cm³/mol. The van der Waals surface area contributed by atoms with Crippen molar-refractivity contribution in [1.29, 1.82) is 0 Å². The van der Waals surface area contributed by atoms with E-state index in [1.807, 2.05) is 13.8 Å². The Bertz CT molecular complexity index is 812. The second-order valence-electron chi connectivity index (χ2n) is 5.66. The maximum atomic E-state index is 13.0. The molecule has 3 heterocycles. The average molecular weight is 357 g/mol. The van der Waals surface area contributed by atoms with Crippen molar-refractivity contribution < 1.29 is 18.0 Å². The maximum Gasteiger partial charge on any atom is 0.245 e. The lowest BCUT2D eigenvalue weighted by Gasteiger charge is -2.20. The summed E-state index contributed by atoms with van der Waals surface area (Å²) in [7, 11) is -3.72. The zero-order valence-corrected chi connectivity index (χ0v) is 14.8. The Morgan fingerprint density at radius 1 is 1.48 bits per heavy atom. The highest BCUT2D eigenvalue weighted by atomic mass is 32.2. The van der Waals surface area contributed by atoms with E-state index in [0.29, 0.717) is 12.2 Å². The van der Waals surface area contributed by atoms with Gasteiger partial charge in [-0.05, 0) is 19.9 Å². The van der Waals surface area contributed by atoms with Crippen LogP contribution in [0.4, 0.5) is 0 Å². The van der Waals surface area contributed by atoms with Crippen LogP contribution >= 0.6 is 11.3 Å². The van der Waals surface area contributed by atoms with Crippen LogP contribution in [-0.2, 0) is 16.4 Å². The number of rotatable bonds is 4. The van der Waals surface area contributed by atoms with Gasteiger partial charge in [-0.3, -0.25) is 0 Å². The molecule has 2 aromatic rings. The molecule has 0 bridgehead atoms. The molecule has 1 aliphatic heterocycles. The number of sulfonamides is 1. The van der Waals surface area contributed by atoms with E-state index in [1.165, 1.54) is 15.6 Å². The van der Waals surface area contributed by atoms with Crippen LogP contribution in [0.5, 0.6) is 0 Å². The quantitative estimate of drug-likeness (QED) is 0.896. The van der Waals surface area contributed by atoms with Crippen LogP contribution in [-0.4, -0.2) is 40.6 Å². The Hall–Kier alpha value is -1.29. The van der Waals surface area contributed by atoms with Gasteiger partial charge in [-0.1, -0.05) is 12.1 Å². The molecule has 1 N–H and O–H groups in total. The van der Waals surface area contributed by atoms with Crippen molar-refractivity contribution in [3.8, 4) is 0 Å². The van der Waals surface area contributed by atoms with Crippen molar-refractivity contribution in [2.75, 3.05) is 6.54 Å². The number of aryl methyl sites for hydroxylation is 3. The summed E-state index contributed by atoms with van der Waals surface area (Å²) < 4.78 is 32.5. The molecule has 2 aromatic heterocycles. The van der Waals surface area contributed by atoms with Crippen LogP contribution in [0.25, 0.3) is 0 Å². The molecule has 3 rings (SSSR count). The van der Waals surface area contributed by atoms with Gasteiger partial charge in [-0.25, -0.2) is 8.42 Å². The van der Waals surface area contributed by atoms with Crippen molar-refractivity contribution in [3.05, 3.63) is 27.5 Å². The molecule has 7 nitrogen and oxygen atoms in total. The fourth-order valence-corrected chi connectivity index (χ4v) is 5.97. The van der Waals surface area contributed by atoms with Crippen molar-refractivity contribution in [1.82, 2.24) is 14.4 Å². The van der Waals surface area contributed by atoms with Gasteiger partial charge < -0.3 is 9.63 Å². The third-order valence-electron chi connectivity index (χ3n) is 3.90. The summed E-state index contributed by atoms with van der Waals surface area (Å²) in [6, 6.07) is 1.05. The zero-order valence-electron chi connectivity index (χ0n) is 13.2. The molecule has 0 amide bonds. The summed E-state index contributed by atoms with van der Waals surface area (Å²) in [6.07, 6.45) is 0.118. The lowest BCUT2D eigenvalue weighted by atomic mass is 10.2. The third-order valence-corrected chi connectivity index (χ3v) is 7.00. The first-order chi connectivity index (χ1) is 10.8. The van der Waals surface area contributed by atoms with Gasteiger partial charge >= 0.3 is 0 Å². The van der Waals surface area contributed by atoms with E-state index < -0.39 is 22.2 Å². The highest BCUT2D eigenvalue weighted by Crippen LogP contribution is 2.38. The highest BCUT2D eigenvalue weighted by Gasteiger charge is 2.44. The second-order valence-corrected chi connectivity index (χ2v) is 8.98. The molecule has 1 aliphatic rings. The SMILES string of the molecule is CCc1noc([C@H]2C[C@H](O)CN2S(=O)(=O)c2cc(C)sc2C)n1. The lowest BCUT2D eigenvalue weighted by Crippen LogP contribution is -2.32. The molecule has 2 atom stereocenters. The first-order valence-electron chi connectivity index (χ1n) is 7.42. The summed E-state index contributed by atoms with van der Waals surface area (Å²) in [4.78, 5) is 6.20. The number of hydrogen-bond donors (Lipinski definition) is 1. The molecule has 0 unspecified atom stereocenters. The van der Waals surface area contributed by atoms with Crippen LogP contribution in [0, 0.1) is 13.8 Å². The molecule has 0 radical (unpaired) electrons. The van der Waals surface area contributed by atoms with E-state index in [0.717, 1.165) is 9.75 Å². The summed E-state index contributed by atoms with van der Waals surface area (Å²) in [6.45, 7) is 5.59. The fraction of sp³-hybridized carbons (Fsp3) is 0.571. The highest BCUT2D eigenvalue weighted by molar-refractivity contribution is 7.89. The zero-order chi connectivity index (χ0) is 16.8. The molecule has 0 saturated carbocycles. The van der Waals surface area contributed by atoms with Gasteiger partial charge in [0.2, 0.25) is 15.9 Å². The van der Waals surface area contributed by atoms with Gasteiger partial charge in [-0.2, -0.15) is 9.29 Å². The fourth-order valence-electron chi connectivity index (χ4n) is 2.81. The molecular weight excluding hydrogens is 338 g/mol. The Balaban J connectivity index is 2.00. The van der Waals surface area contributed by atoms with Crippen LogP contribution in [0.3, 0.4) is 0 Å². The Morgan fingerprint density at radius 2 is 2.22 bits per heavy atom. The van der Waals surface area contributed by atoms with Crippen LogP contribution in [0.2, 0.25) is 0 Å². The number of aliphatic hydroxyl groups excluding tert-OH is 1. The summed E-state index contributed by atoms with van der Waals surface area (Å²) in [5.74, 6) is 0.771. The van der Waals surface area contributed by atoms with Gasteiger partial charge in [0.15, 0.2) is 5.82 Å². The van der Waals surface area contributed by atoms with Gasteiger partial charge in [0, 0.05) is 29.1 Å². The molecule has 1 fully saturated rings. The number of hydrogen-bond acceptors (Lipinski definition) is 7. The smallest absolute Gasteiger partial charge is 0.245 e. The van der Waals surface area contributed by atoms with Crippen molar-refractivity contribution in [3.63, 3.8) is 0 Å². The van der Waals surface area contributed by atoms with Crippen LogP contribution < -0.4 is 0 Å². The largest absolute Gasteiger partial charge is 0.392 e. The number of aromatic nitrogens is 2. The van der Waals surface area contributed by atoms with Gasteiger partial charge in [0.25, 0.3) is 0 Å². The molecule has 9 heteroatoms. The van der Waals surface area contributed by atoms with Crippen molar-refractivity contribution in [2.45, 2.75) is 50.7 Å². The van der Waals surface area contributed by atoms with Crippen LogP contribution in [0.1, 0.15) is 40.9 Å². The minimum atomic E-state index is -3.72. The first-order valence-corrected chi connectivity index (χ1v) is 9.68. The number of β-amino-alcohol motifs (C(OH)–C–C–N with tert-alkyl or cyclic N) is 1. The Kier molecular flexibility index (Phi) is 4.30. The molecule has 0 spiro atoms. The molecule has 0 aliphatic carbocycles. The number of thiophene rings is 1. The standard InChI is InChI=1S/C14H19N3O4S2/c1-4-13-15-14(21-16-13)11-6-10(18)7-17(11)23(19,20)12-5-8(2)22-9(12)3/h5,10-11,18H,4,6-7H2,1-3H3/t10-,11+/m0/s1. The van der Waals surface area contributed by atoms with E-state index in [4.69, 9.17) is 4.52 Å². The molecular formula is C14H19N3O4S2.